The molecule has 8 nitrogen and oxygen atoms in total. The van der Waals surface area contributed by atoms with Crippen molar-refractivity contribution in [3.8, 4) is 0 Å². The molecular weight excluding hydrogens is 781 g/mol. The van der Waals surface area contributed by atoms with Gasteiger partial charge in [0.1, 0.15) is 10.0 Å². The lowest BCUT2D eigenvalue weighted by molar-refractivity contribution is 0.101. The summed E-state index contributed by atoms with van der Waals surface area (Å²) in [6, 6.07) is 32.3. The largest absolute Gasteiger partial charge is 0.378 e. The molecule has 2 N–H and O–H groups in total. The highest BCUT2D eigenvalue weighted by Crippen LogP contribution is 2.41. The molecule has 0 saturated carbocycles. The van der Waals surface area contributed by atoms with Crippen LogP contribution in [0.5, 0.6) is 0 Å². The lowest BCUT2D eigenvalue weighted by Crippen LogP contribution is -2.14. The number of nitrogens with zero attached hydrogens (tertiary/aromatic N) is 4. The number of hydrogen-bond acceptors (Lipinski definition) is 8. The molecule has 2 amide bonds. The zero-order valence-corrected chi connectivity index (χ0v) is 37.1. The van der Waals surface area contributed by atoms with Crippen molar-refractivity contribution in [2.75, 3.05) is 48.6 Å². The monoisotopic (exact) mass is 834 g/mol. The average molecular weight is 835 g/mol. The first kappa shape index (κ1) is 42.3. The average Bonchev–Trinajstić information content (AvgIpc) is 3.83. The third-order valence-electron chi connectivity index (χ3n) is 10.9. The Morgan fingerprint density at radius 3 is 1.22 bits per heavy atom. The third-order valence-corrected chi connectivity index (χ3v) is 13.3. The number of rotatable bonds is 10. The second-order valence-electron chi connectivity index (χ2n) is 15.9. The van der Waals surface area contributed by atoms with Crippen LogP contribution in [0.2, 0.25) is 0 Å². The minimum atomic E-state index is -0.0617. The lowest BCUT2D eigenvalue weighted by Gasteiger charge is -2.13. The molecule has 2 aliphatic rings. The Hall–Kier alpha value is -5.84. The van der Waals surface area contributed by atoms with E-state index in [-0.39, 0.29) is 11.8 Å². The summed E-state index contributed by atoms with van der Waals surface area (Å²) in [5.74, 6) is -0.123. The predicted octanol–water partition coefficient (Wildman–Crippen LogP) is 12.0. The molecule has 0 saturated heterocycles. The number of thiophene rings is 2. The van der Waals surface area contributed by atoms with Gasteiger partial charge in [-0.2, -0.15) is 0 Å². The molecule has 4 aromatic carbocycles. The van der Waals surface area contributed by atoms with E-state index in [0.717, 1.165) is 93.5 Å². The van der Waals surface area contributed by atoms with Crippen LogP contribution in [0.4, 0.5) is 32.8 Å². The molecule has 0 unspecified atom stereocenters. The summed E-state index contributed by atoms with van der Waals surface area (Å²) in [7, 11) is 8.10. The van der Waals surface area contributed by atoms with Crippen LogP contribution in [0.15, 0.2) is 107 Å². The van der Waals surface area contributed by atoms with Gasteiger partial charge in [-0.3, -0.25) is 9.59 Å². The maximum Gasteiger partial charge on any atom is 0.259 e. The number of benzene rings is 4. The van der Waals surface area contributed by atoms with Crippen LogP contribution in [-0.2, 0) is 25.7 Å². The van der Waals surface area contributed by atoms with E-state index in [9.17, 15) is 9.59 Å². The van der Waals surface area contributed by atoms with Crippen LogP contribution in [0.3, 0.4) is 0 Å². The molecule has 2 heterocycles. The molecule has 6 aromatic rings. The Morgan fingerprint density at radius 2 is 0.867 bits per heavy atom. The second-order valence-corrected chi connectivity index (χ2v) is 18.1. The summed E-state index contributed by atoms with van der Waals surface area (Å²) >= 11 is 3.33. The highest BCUT2D eigenvalue weighted by Gasteiger charge is 2.26. The van der Waals surface area contributed by atoms with Crippen molar-refractivity contribution in [3.63, 3.8) is 0 Å². The fourth-order valence-corrected chi connectivity index (χ4v) is 9.86. The van der Waals surface area contributed by atoms with Crippen LogP contribution in [0.1, 0.15) is 89.5 Å². The first-order valence-corrected chi connectivity index (χ1v) is 22.3. The van der Waals surface area contributed by atoms with Gasteiger partial charge in [0.25, 0.3) is 11.8 Å². The third kappa shape index (κ3) is 10.5. The van der Waals surface area contributed by atoms with Crippen LogP contribution in [0, 0.1) is 13.8 Å². The normalized spacial score (nSPS) is 13.3. The van der Waals surface area contributed by atoms with Crippen LogP contribution < -0.4 is 20.4 Å². The van der Waals surface area contributed by atoms with Crippen LogP contribution in [0.25, 0.3) is 0 Å². The summed E-state index contributed by atoms with van der Waals surface area (Å²) in [6.45, 7) is 4.08. The van der Waals surface area contributed by atoms with Crippen molar-refractivity contribution in [3.05, 3.63) is 151 Å². The fraction of sp³-hybridized carbons (Fsp3) is 0.280. The van der Waals surface area contributed by atoms with E-state index in [4.69, 9.17) is 9.98 Å². The molecule has 2 aromatic heterocycles. The number of hydrogen-bond donors (Lipinski definition) is 2. The van der Waals surface area contributed by atoms with E-state index < -0.39 is 0 Å². The zero-order chi connectivity index (χ0) is 42.2. The number of carbonyl (C=O) groups excluding carboxylic acids is 2. The van der Waals surface area contributed by atoms with E-state index in [1.54, 1.807) is 22.7 Å². The Balaban J connectivity index is 0.000000181. The topological polar surface area (TPSA) is 89.4 Å². The quantitative estimate of drug-likeness (QED) is 0.135. The minimum absolute atomic E-state index is 0.0617. The molecule has 60 heavy (non-hydrogen) atoms. The molecule has 308 valence electrons. The first-order chi connectivity index (χ1) is 29.0. The molecule has 0 atom stereocenters. The first-order valence-electron chi connectivity index (χ1n) is 20.7. The smallest absolute Gasteiger partial charge is 0.259 e. The van der Waals surface area contributed by atoms with Gasteiger partial charge in [0, 0.05) is 73.1 Å². The van der Waals surface area contributed by atoms with E-state index in [0.29, 0.717) is 0 Å². The van der Waals surface area contributed by atoms with E-state index in [2.05, 4.69) is 69.0 Å². The highest BCUT2D eigenvalue weighted by atomic mass is 32.1. The summed E-state index contributed by atoms with van der Waals surface area (Å²) < 4.78 is 0. The molecule has 0 spiro atoms. The Morgan fingerprint density at radius 1 is 0.517 bits per heavy atom. The van der Waals surface area contributed by atoms with Gasteiger partial charge in [-0.1, -0.05) is 59.7 Å². The Labute approximate surface area is 362 Å². The maximum absolute atomic E-state index is 13.2. The van der Waals surface area contributed by atoms with Gasteiger partial charge >= 0.3 is 0 Å². The highest BCUT2D eigenvalue weighted by molar-refractivity contribution is 7.16. The summed E-state index contributed by atoms with van der Waals surface area (Å²) in [5.41, 5.74) is 12.2. The van der Waals surface area contributed by atoms with E-state index >= 15 is 0 Å². The maximum atomic E-state index is 13.2. The minimum Gasteiger partial charge on any atom is -0.378 e. The second kappa shape index (κ2) is 19.5. The lowest BCUT2D eigenvalue weighted by atomic mass is 9.95. The van der Waals surface area contributed by atoms with Gasteiger partial charge in [0.2, 0.25) is 0 Å². The van der Waals surface area contributed by atoms with Crippen LogP contribution in [-0.4, -0.2) is 52.4 Å². The number of amides is 2. The zero-order valence-electron chi connectivity index (χ0n) is 35.5. The van der Waals surface area contributed by atoms with Gasteiger partial charge in [-0.15, -0.1) is 22.7 Å². The number of aliphatic imine (C=N–C) groups is 2. The molecule has 0 bridgehead atoms. The standard InChI is InChI=1S/2C25H27N3OS/c2*1-17-8-12-19(13-9-17)27-24(29)23-21-6-4-5-7-22(21)30-25(23)26-16-18-10-14-20(15-11-18)28(2)3/h2*8-16H,4-7H2,1-3H3,(H,27,29)/b2*26-16+. The van der Waals surface area contributed by atoms with E-state index in [1.807, 2.05) is 103 Å². The molecule has 8 rings (SSSR count). The molecule has 0 radical (unpaired) electrons. The van der Waals surface area contributed by atoms with Crippen molar-refractivity contribution in [2.45, 2.75) is 65.2 Å². The van der Waals surface area contributed by atoms with Gasteiger partial charge in [-0.25, -0.2) is 9.98 Å². The van der Waals surface area contributed by atoms with Gasteiger partial charge < -0.3 is 20.4 Å². The van der Waals surface area contributed by atoms with Crippen LogP contribution >= 0.6 is 22.7 Å². The molecule has 10 heteroatoms. The van der Waals surface area contributed by atoms with Crippen molar-refractivity contribution in [1.82, 2.24) is 0 Å². The number of aryl methyl sites for hydroxylation is 4. The summed E-state index contributed by atoms with van der Waals surface area (Å²) in [5, 5.41) is 7.75. The van der Waals surface area contributed by atoms with Gasteiger partial charge in [0.05, 0.1) is 11.1 Å². The summed E-state index contributed by atoms with van der Waals surface area (Å²) in [6.07, 6.45) is 12.3. The van der Waals surface area contributed by atoms with Crippen molar-refractivity contribution < 1.29 is 9.59 Å². The van der Waals surface area contributed by atoms with E-state index in [1.165, 1.54) is 44.8 Å². The van der Waals surface area contributed by atoms with Gasteiger partial charge in [0.15, 0.2) is 0 Å². The number of anilines is 4. The molecule has 0 fully saturated rings. The number of nitrogens with one attached hydrogen (secondary N) is 2. The molecule has 2 aliphatic carbocycles. The fourth-order valence-electron chi connectivity index (χ4n) is 7.40. The number of fused-ring (bicyclic) bond motifs is 2. The summed E-state index contributed by atoms with van der Waals surface area (Å²) in [4.78, 5) is 42.7. The van der Waals surface area contributed by atoms with Crippen molar-refractivity contribution in [1.29, 1.82) is 0 Å². The van der Waals surface area contributed by atoms with Crippen molar-refractivity contribution in [2.24, 2.45) is 9.98 Å². The SMILES string of the molecule is Cc1ccc(NC(=O)c2c(/N=C/c3ccc(N(C)C)cc3)sc3c2CCCC3)cc1.Cc1ccc(NC(=O)c2c(/N=C/c3ccc(N(C)C)cc3)sc3c2CCCC3)cc1. The van der Waals surface area contributed by atoms with Gasteiger partial charge in [-0.05, 0) is 136 Å². The van der Waals surface area contributed by atoms with Crippen molar-refractivity contribution >= 4 is 79.7 Å². The Bertz CT molecular complexity index is 2300. The molecule has 0 aliphatic heterocycles. The molecular formula is C50H54N6O2S2. The number of carbonyl (C=O) groups is 2. The Kier molecular flexibility index (Phi) is 13.7. The predicted molar refractivity (Wildman–Crippen MR) is 256 cm³/mol.